The van der Waals surface area contributed by atoms with Gasteiger partial charge in [0, 0.05) is 6.54 Å². The molecule has 0 saturated carbocycles. The van der Waals surface area contributed by atoms with Gasteiger partial charge in [0.1, 0.15) is 12.3 Å². The molecule has 0 unspecified atom stereocenters. The highest BCUT2D eigenvalue weighted by Gasteiger charge is 2.28. The summed E-state index contributed by atoms with van der Waals surface area (Å²) >= 11 is 0. The lowest BCUT2D eigenvalue weighted by Gasteiger charge is -2.26. The smallest absolute Gasteiger partial charge is 0.264 e. The molecule has 174 valence electrons. The molecular formula is C26H30N2O4S. The van der Waals surface area contributed by atoms with Crippen molar-refractivity contribution in [3.63, 3.8) is 0 Å². The molecule has 0 saturated heterocycles. The van der Waals surface area contributed by atoms with Gasteiger partial charge in [-0.25, -0.2) is 8.42 Å². The number of hydrogen-bond acceptors (Lipinski definition) is 4. The Morgan fingerprint density at radius 3 is 2.24 bits per heavy atom. The standard InChI is InChI=1S/C26H30N2O4S/c1-19-8-14-24(15-9-19)33(30,31)28(25-7-5-6-20(2)21(25)3)18-26(29)27-17-16-22-10-12-23(32-4)13-11-22/h5-15H,16-18H2,1-4H3,(H,27,29). The third-order valence-corrected chi connectivity index (χ3v) is 7.41. The van der Waals surface area contributed by atoms with Crippen molar-refractivity contribution in [3.05, 3.63) is 89.0 Å². The number of nitrogens with zero attached hydrogens (tertiary/aromatic N) is 1. The number of methoxy groups -OCH3 is 1. The van der Waals surface area contributed by atoms with Crippen LogP contribution < -0.4 is 14.4 Å². The second kappa shape index (κ2) is 10.5. The Morgan fingerprint density at radius 1 is 0.939 bits per heavy atom. The molecule has 0 atom stereocenters. The molecule has 0 bridgehead atoms. The van der Waals surface area contributed by atoms with Crippen molar-refractivity contribution in [3.8, 4) is 5.75 Å². The van der Waals surface area contributed by atoms with Crippen molar-refractivity contribution in [1.82, 2.24) is 5.32 Å². The lowest BCUT2D eigenvalue weighted by atomic mass is 10.1. The summed E-state index contributed by atoms with van der Waals surface area (Å²) in [6.07, 6.45) is 0.629. The minimum absolute atomic E-state index is 0.153. The van der Waals surface area contributed by atoms with E-state index < -0.39 is 10.0 Å². The molecule has 3 aromatic carbocycles. The number of nitrogens with one attached hydrogen (secondary N) is 1. The number of amides is 1. The topological polar surface area (TPSA) is 75.7 Å². The number of hydrogen-bond donors (Lipinski definition) is 1. The first-order valence-electron chi connectivity index (χ1n) is 10.8. The van der Waals surface area contributed by atoms with Crippen molar-refractivity contribution in [2.75, 3.05) is 24.5 Å². The van der Waals surface area contributed by atoms with Crippen LogP contribution in [0, 0.1) is 20.8 Å². The van der Waals surface area contributed by atoms with Crippen LogP contribution in [0.25, 0.3) is 0 Å². The largest absolute Gasteiger partial charge is 0.497 e. The fourth-order valence-corrected chi connectivity index (χ4v) is 4.95. The third-order valence-electron chi connectivity index (χ3n) is 5.64. The molecule has 3 rings (SSSR count). The van der Waals surface area contributed by atoms with E-state index in [4.69, 9.17) is 4.74 Å². The third kappa shape index (κ3) is 5.93. The van der Waals surface area contributed by atoms with Crippen LogP contribution in [0.4, 0.5) is 5.69 Å². The average Bonchev–Trinajstić information content (AvgIpc) is 2.80. The first kappa shape index (κ1) is 24.3. The van der Waals surface area contributed by atoms with Crippen LogP contribution in [0.2, 0.25) is 0 Å². The number of carbonyl (C=O) groups is 1. The van der Waals surface area contributed by atoms with E-state index in [-0.39, 0.29) is 17.3 Å². The van der Waals surface area contributed by atoms with Crippen LogP contribution in [0.3, 0.4) is 0 Å². The monoisotopic (exact) mass is 466 g/mol. The van der Waals surface area contributed by atoms with Crippen LogP contribution in [0.15, 0.2) is 71.6 Å². The maximum absolute atomic E-state index is 13.5. The number of aryl methyl sites for hydroxylation is 2. The lowest BCUT2D eigenvalue weighted by Crippen LogP contribution is -2.41. The van der Waals surface area contributed by atoms with E-state index in [0.29, 0.717) is 18.7 Å². The summed E-state index contributed by atoms with van der Waals surface area (Å²) in [4.78, 5) is 13.0. The molecule has 0 spiro atoms. The van der Waals surface area contributed by atoms with Gasteiger partial charge in [-0.1, -0.05) is 42.0 Å². The van der Waals surface area contributed by atoms with Crippen LogP contribution >= 0.6 is 0 Å². The van der Waals surface area contributed by atoms with E-state index in [9.17, 15) is 13.2 Å². The molecule has 0 aromatic heterocycles. The fourth-order valence-electron chi connectivity index (χ4n) is 3.47. The van der Waals surface area contributed by atoms with Gasteiger partial charge in [0.05, 0.1) is 17.7 Å². The van der Waals surface area contributed by atoms with Gasteiger partial charge >= 0.3 is 0 Å². The zero-order chi connectivity index (χ0) is 24.0. The Kier molecular flexibility index (Phi) is 7.76. The van der Waals surface area contributed by atoms with E-state index >= 15 is 0 Å². The predicted molar refractivity (Wildman–Crippen MR) is 131 cm³/mol. The average molecular weight is 467 g/mol. The number of benzene rings is 3. The Balaban J connectivity index is 1.79. The number of anilines is 1. The molecule has 3 aromatic rings. The summed E-state index contributed by atoms with van der Waals surface area (Å²) in [6.45, 7) is 5.78. The van der Waals surface area contributed by atoms with Crippen molar-refractivity contribution in [2.24, 2.45) is 0 Å². The van der Waals surface area contributed by atoms with E-state index in [1.807, 2.05) is 51.1 Å². The molecule has 0 aliphatic heterocycles. The SMILES string of the molecule is COc1ccc(CCNC(=O)CN(c2cccc(C)c2C)S(=O)(=O)c2ccc(C)cc2)cc1. The maximum Gasteiger partial charge on any atom is 0.264 e. The summed E-state index contributed by atoms with van der Waals surface area (Å²) < 4.78 is 33.4. The van der Waals surface area contributed by atoms with Gasteiger partial charge in [-0.05, 0) is 74.2 Å². The number of ether oxygens (including phenoxy) is 1. The fraction of sp³-hybridized carbons (Fsp3) is 0.269. The van der Waals surface area contributed by atoms with Gasteiger partial charge in [-0.3, -0.25) is 9.10 Å². The Morgan fingerprint density at radius 2 is 1.61 bits per heavy atom. The van der Waals surface area contributed by atoms with Crippen LogP contribution in [0.1, 0.15) is 22.3 Å². The molecule has 1 amide bonds. The zero-order valence-electron chi connectivity index (χ0n) is 19.5. The summed E-state index contributed by atoms with van der Waals surface area (Å²) in [5.74, 6) is 0.411. The van der Waals surface area contributed by atoms with E-state index in [2.05, 4.69) is 5.32 Å². The normalized spacial score (nSPS) is 11.2. The van der Waals surface area contributed by atoms with E-state index in [0.717, 1.165) is 28.0 Å². The minimum Gasteiger partial charge on any atom is -0.497 e. The number of carbonyl (C=O) groups excluding carboxylic acids is 1. The minimum atomic E-state index is -3.93. The summed E-state index contributed by atoms with van der Waals surface area (Å²) in [7, 11) is -2.32. The summed E-state index contributed by atoms with van der Waals surface area (Å²) in [5.41, 5.74) is 4.29. The van der Waals surface area contributed by atoms with Crippen molar-refractivity contribution in [1.29, 1.82) is 0 Å². The van der Waals surface area contributed by atoms with E-state index in [1.165, 1.54) is 4.31 Å². The Labute approximate surface area is 196 Å². The first-order chi connectivity index (χ1) is 15.7. The molecule has 1 N–H and O–H groups in total. The predicted octanol–water partition coefficient (Wildman–Crippen LogP) is 4.17. The first-order valence-corrected chi connectivity index (χ1v) is 12.2. The van der Waals surface area contributed by atoms with Crippen molar-refractivity contribution in [2.45, 2.75) is 32.1 Å². The van der Waals surface area contributed by atoms with Gasteiger partial charge in [0.2, 0.25) is 5.91 Å². The Hall–Kier alpha value is -3.32. The highest BCUT2D eigenvalue weighted by atomic mass is 32.2. The molecule has 0 heterocycles. The summed E-state index contributed by atoms with van der Waals surface area (Å²) in [6, 6.07) is 19.7. The second-order valence-electron chi connectivity index (χ2n) is 7.99. The highest BCUT2D eigenvalue weighted by Crippen LogP contribution is 2.28. The number of sulfonamides is 1. The molecule has 0 aliphatic carbocycles. The molecule has 0 aliphatic rings. The molecular weight excluding hydrogens is 436 g/mol. The molecule has 0 fully saturated rings. The quantitative estimate of drug-likeness (QED) is 0.513. The highest BCUT2D eigenvalue weighted by molar-refractivity contribution is 7.92. The van der Waals surface area contributed by atoms with Gasteiger partial charge in [0.15, 0.2) is 0 Å². The summed E-state index contributed by atoms with van der Waals surface area (Å²) in [5, 5.41) is 2.85. The van der Waals surface area contributed by atoms with Crippen LogP contribution in [-0.2, 0) is 21.2 Å². The second-order valence-corrected chi connectivity index (χ2v) is 9.85. The van der Waals surface area contributed by atoms with Gasteiger partial charge in [-0.15, -0.1) is 0 Å². The van der Waals surface area contributed by atoms with Gasteiger partial charge in [0.25, 0.3) is 10.0 Å². The van der Waals surface area contributed by atoms with Crippen molar-refractivity contribution >= 4 is 21.6 Å². The number of rotatable bonds is 9. The van der Waals surface area contributed by atoms with Gasteiger partial charge < -0.3 is 10.1 Å². The molecule has 33 heavy (non-hydrogen) atoms. The molecule has 0 radical (unpaired) electrons. The van der Waals surface area contributed by atoms with Crippen LogP contribution in [-0.4, -0.2) is 34.5 Å². The molecule has 7 heteroatoms. The van der Waals surface area contributed by atoms with E-state index in [1.54, 1.807) is 43.5 Å². The maximum atomic E-state index is 13.5. The van der Waals surface area contributed by atoms with Crippen LogP contribution in [0.5, 0.6) is 5.75 Å². The lowest BCUT2D eigenvalue weighted by molar-refractivity contribution is -0.119. The zero-order valence-corrected chi connectivity index (χ0v) is 20.3. The van der Waals surface area contributed by atoms with Crippen molar-refractivity contribution < 1.29 is 17.9 Å². The Bertz CT molecular complexity index is 1200. The van der Waals surface area contributed by atoms with Gasteiger partial charge in [-0.2, -0.15) is 0 Å². The molecule has 6 nitrogen and oxygen atoms in total.